The van der Waals surface area contributed by atoms with Crippen LogP contribution in [0.2, 0.25) is 0 Å². The molecule has 2 aliphatic rings. The summed E-state index contributed by atoms with van der Waals surface area (Å²) >= 11 is 0. The maximum absolute atomic E-state index is 15.0. The average Bonchev–Trinajstić information content (AvgIpc) is 3.34. The number of hydrogen-bond donors (Lipinski definition) is 1. The average molecular weight is 448 g/mol. The summed E-state index contributed by atoms with van der Waals surface area (Å²) in [5, 5.41) is 7.49. The Hall–Kier alpha value is -3.33. The molecule has 1 amide bonds. The smallest absolute Gasteiger partial charge is 0.231 e. The number of amides is 1. The quantitative estimate of drug-likeness (QED) is 0.517. The highest BCUT2D eigenvalue weighted by atomic mass is 19.1. The molecule has 9 heteroatoms. The van der Waals surface area contributed by atoms with E-state index in [-0.39, 0.29) is 23.0 Å². The third-order valence-electron chi connectivity index (χ3n) is 7.06. The molecule has 1 aliphatic heterocycles. The van der Waals surface area contributed by atoms with Crippen LogP contribution in [0.4, 0.5) is 10.2 Å². The lowest BCUT2D eigenvalue weighted by atomic mass is 9.76. The van der Waals surface area contributed by atoms with E-state index in [1.807, 2.05) is 26.1 Å². The second-order valence-corrected chi connectivity index (χ2v) is 9.88. The minimum absolute atomic E-state index is 0.0702. The van der Waals surface area contributed by atoms with Crippen molar-refractivity contribution in [3.8, 4) is 11.3 Å². The van der Waals surface area contributed by atoms with Crippen molar-refractivity contribution < 1.29 is 9.18 Å². The highest BCUT2D eigenvalue weighted by Gasteiger charge is 2.54. The van der Waals surface area contributed by atoms with E-state index in [2.05, 4.69) is 39.1 Å². The summed E-state index contributed by atoms with van der Waals surface area (Å²) < 4.78 is 18.3. The Balaban J connectivity index is 1.29. The van der Waals surface area contributed by atoms with E-state index < -0.39 is 5.82 Å². The second kappa shape index (κ2) is 6.84. The van der Waals surface area contributed by atoms with Gasteiger partial charge in [0.15, 0.2) is 22.9 Å². The van der Waals surface area contributed by atoms with Gasteiger partial charge in [-0.2, -0.15) is 5.10 Å². The van der Waals surface area contributed by atoms with Gasteiger partial charge in [0.05, 0.1) is 29.7 Å². The summed E-state index contributed by atoms with van der Waals surface area (Å²) in [7, 11) is 0. The fraction of sp³-hybridized carbons (Fsp3) is 0.417. The predicted molar refractivity (Wildman–Crippen MR) is 123 cm³/mol. The normalized spacial score (nSPS) is 20.3. The van der Waals surface area contributed by atoms with Crippen LogP contribution in [0.1, 0.15) is 37.9 Å². The molecule has 5 heterocycles. The van der Waals surface area contributed by atoms with Gasteiger partial charge in [-0.3, -0.25) is 9.69 Å². The number of nitrogens with one attached hydrogen (secondary N) is 1. The Morgan fingerprint density at radius 3 is 2.64 bits per heavy atom. The molecule has 6 rings (SSSR count). The number of pyridine rings is 1. The van der Waals surface area contributed by atoms with Gasteiger partial charge in [0.2, 0.25) is 5.91 Å². The maximum atomic E-state index is 15.0. The van der Waals surface area contributed by atoms with E-state index in [0.29, 0.717) is 23.1 Å². The number of nitrogens with zero attached hydrogens (tertiary/aromatic N) is 6. The van der Waals surface area contributed by atoms with Crippen LogP contribution in [0, 0.1) is 25.6 Å². The molecule has 1 saturated heterocycles. The number of anilines is 1. The zero-order valence-corrected chi connectivity index (χ0v) is 19.1. The van der Waals surface area contributed by atoms with Gasteiger partial charge < -0.3 is 9.72 Å². The van der Waals surface area contributed by atoms with E-state index >= 15 is 0 Å². The van der Waals surface area contributed by atoms with Crippen molar-refractivity contribution in [1.82, 2.24) is 28.9 Å². The number of aryl methyl sites for hydroxylation is 2. The van der Waals surface area contributed by atoms with Crippen LogP contribution in [0.15, 0.2) is 30.7 Å². The van der Waals surface area contributed by atoms with Gasteiger partial charge in [0.25, 0.3) is 0 Å². The summed E-state index contributed by atoms with van der Waals surface area (Å²) in [4.78, 5) is 24.1. The molecular formula is C24H26FN7O. The molecule has 33 heavy (non-hydrogen) atoms. The molecule has 1 aliphatic carbocycles. The van der Waals surface area contributed by atoms with Crippen LogP contribution in [-0.2, 0) is 4.79 Å². The number of aromatic nitrogens is 5. The van der Waals surface area contributed by atoms with Crippen LogP contribution < -0.4 is 5.32 Å². The molecule has 0 bridgehead atoms. The first kappa shape index (κ1) is 20.3. The molecule has 0 aromatic carbocycles. The molecule has 4 aromatic heterocycles. The van der Waals surface area contributed by atoms with Crippen LogP contribution in [0.3, 0.4) is 0 Å². The Morgan fingerprint density at radius 1 is 1.12 bits per heavy atom. The maximum Gasteiger partial charge on any atom is 0.231 e. The Morgan fingerprint density at radius 2 is 1.91 bits per heavy atom. The topological polar surface area (TPSA) is 79.8 Å². The molecule has 4 aromatic rings. The van der Waals surface area contributed by atoms with Crippen molar-refractivity contribution in [2.24, 2.45) is 5.92 Å². The molecule has 1 atom stereocenters. The lowest BCUT2D eigenvalue weighted by Gasteiger charge is -2.54. The van der Waals surface area contributed by atoms with Crippen LogP contribution in [0.5, 0.6) is 0 Å². The van der Waals surface area contributed by atoms with E-state index in [9.17, 15) is 9.18 Å². The van der Waals surface area contributed by atoms with Crippen molar-refractivity contribution in [3.63, 3.8) is 0 Å². The van der Waals surface area contributed by atoms with Gasteiger partial charge in [0.1, 0.15) is 0 Å². The molecule has 8 nitrogen and oxygen atoms in total. The Labute approximate surface area is 190 Å². The molecule has 0 radical (unpaired) electrons. The minimum Gasteiger partial charge on any atom is -0.309 e. The minimum atomic E-state index is -0.474. The van der Waals surface area contributed by atoms with Crippen molar-refractivity contribution in [2.75, 3.05) is 11.9 Å². The van der Waals surface area contributed by atoms with Crippen molar-refractivity contribution in [2.45, 2.75) is 52.1 Å². The predicted octanol–water partition coefficient (Wildman–Crippen LogP) is 3.61. The monoisotopic (exact) mass is 447 g/mol. The van der Waals surface area contributed by atoms with E-state index in [4.69, 9.17) is 0 Å². The number of hydrogen-bond acceptors (Lipinski definition) is 5. The first-order chi connectivity index (χ1) is 15.7. The van der Waals surface area contributed by atoms with E-state index in [0.717, 1.165) is 23.4 Å². The van der Waals surface area contributed by atoms with Gasteiger partial charge in [-0.1, -0.05) is 0 Å². The molecule has 1 saturated carbocycles. The van der Waals surface area contributed by atoms with Gasteiger partial charge in [0, 0.05) is 29.9 Å². The van der Waals surface area contributed by atoms with Gasteiger partial charge in [-0.25, -0.2) is 18.9 Å². The van der Waals surface area contributed by atoms with Crippen LogP contribution in [0.25, 0.3) is 22.6 Å². The summed E-state index contributed by atoms with van der Waals surface area (Å²) in [6, 6.07) is 3.94. The van der Waals surface area contributed by atoms with Crippen molar-refractivity contribution >= 4 is 23.0 Å². The van der Waals surface area contributed by atoms with Crippen LogP contribution in [-0.4, -0.2) is 52.9 Å². The fourth-order valence-corrected chi connectivity index (χ4v) is 5.01. The fourth-order valence-electron chi connectivity index (χ4n) is 5.01. The molecule has 2 fully saturated rings. The summed E-state index contributed by atoms with van der Waals surface area (Å²) in [5.41, 5.74) is 3.85. The number of halogens is 1. The summed E-state index contributed by atoms with van der Waals surface area (Å²) in [6.45, 7) is 8.86. The molecule has 1 unspecified atom stereocenters. The second-order valence-electron chi connectivity index (χ2n) is 9.88. The Kier molecular flexibility index (Phi) is 4.20. The zero-order chi connectivity index (χ0) is 23.1. The van der Waals surface area contributed by atoms with Gasteiger partial charge in [-0.15, -0.1) is 0 Å². The summed E-state index contributed by atoms with van der Waals surface area (Å²) in [6.07, 6.45) is 7.70. The number of fused-ring (bicyclic) bond motifs is 2. The lowest BCUT2D eigenvalue weighted by Crippen LogP contribution is -2.67. The van der Waals surface area contributed by atoms with E-state index in [1.54, 1.807) is 21.3 Å². The number of imidazole rings is 2. The SMILES string of the molecule is Cc1cn2nc(-c3cc(F)c4nc(NC(=O)C5CN(C6CC6)C5(C)C)cn4c3)cc(C)c2n1. The highest BCUT2D eigenvalue weighted by molar-refractivity contribution is 5.93. The lowest BCUT2D eigenvalue weighted by molar-refractivity contribution is -0.138. The summed E-state index contributed by atoms with van der Waals surface area (Å²) in [5.74, 6) is -0.306. The van der Waals surface area contributed by atoms with Crippen LogP contribution >= 0.6 is 0 Å². The third kappa shape index (κ3) is 3.21. The van der Waals surface area contributed by atoms with Gasteiger partial charge in [-0.05, 0) is 58.2 Å². The Bertz CT molecular complexity index is 1430. The zero-order valence-electron chi connectivity index (χ0n) is 19.1. The molecule has 0 spiro atoms. The highest BCUT2D eigenvalue weighted by Crippen LogP contribution is 2.44. The number of likely N-dealkylation sites (tertiary alicyclic amines) is 1. The van der Waals surface area contributed by atoms with E-state index in [1.165, 1.54) is 18.9 Å². The van der Waals surface area contributed by atoms with Crippen molar-refractivity contribution in [3.05, 3.63) is 47.8 Å². The third-order valence-corrected chi connectivity index (χ3v) is 7.06. The first-order valence-corrected chi connectivity index (χ1v) is 11.3. The number of carbonyl (C=O) groups is 1. The largest absolute Gasteiger partial charge is 0.309 e. The number of rotatable bonds is 4. The molecule has 170 valence electrons. The first-order valence-electron chi connectivity index (χ1n) is 11.3. The van der Waals surface area contributed by atoms with Gasteiger partial charge >= 0.3 is 0 Å². The standard InChI is InChI=1S/C24H26FN7O/c1-13-7-19(29-32-9-14(2)26-21(13)32)15-8-18(25)22-27-20(12-30(22)10-15)28-23(33)17-11-31(16-5-6-16)24(17,3)4/h7-10,12,16-17H,5-6,11H2,1-4H3,(H,28,33). The van der Waals surface area contributed by atoms with Crippen molar-refractivity contribution in [1.29, 1.82) is 0 Å². The molecular weight excluding hydrogens is 421 g/mol. The number of carbonyl (C=O) groups excluding carboxylic acids is 1. The molecule has 1 N–H and O–H groups in total.